The van der Waals surface area contributed by atoms with Gasteiger partial charge < -0.3 is 9.67 Å². The normalized spacial score (nSPS) is 13.4. The first-order valence-corrected chi connectivity index (χ1v) is 9.12. The molecule has 1 atom stereocenters. The molecule has 0 aliphatic rings. The Labute approximate surface area is 141 Å². The zero-order chi connectivity index (χ0) is 17.0. The minimum atomic E-state index is -3.68. The lowest BCUT2D eigenvalue weighted by atomic mass is 10.1. The summed E-state index contributed by atoms with van der Waals surface area (Å²) in [6.07, 6.45) is 2.43. The number of hydrogen-bond donors (Lipinski definition) is 2. The van der Waals surface area contributed by atoms with Crippen LogP contribution in [0, 0.1) is 0 Å². The first-order valence-electron chi connectivity index (χ1n) is 7.26. The average molecular weight is 358 g/mol. The molecule has 1 aromatic heterocycles. The quantitative estimate of drug-likeness (QED) is 0.797. The summed E-state index contributed by atoms with van der Waals surface area (Å²) in [6.45, 7) is 3.98. The maximum absolute atomic E-state index is 12.2. The molecule has 0 saturated carbocycles. The first kappa shape index (κ1) is 17.9. The number of halogens is 1. The van der Waals surface area contributed by atoms with Crippen molar-refractivity contribution < 1.29 is 13.5 Å². The van der Waals surface area contributed by atoms with E-state index < -0.39 is 16.1 Å². The minimum Gasteiger partial charge on any atom is -0.388 e. The number of rotatable bonds is 7. The second-order valence-electron chi connectivity index (χ2n) is 5.51. The largest absolute Gasteiger partial charge is 0.388 e. The number of nitrogens with one attached hydrogen (secondary N) is 1. The van der Waals surface area contributed by atoms with Crippen LogP contribution in [0.5, 0.6) is 0 Å². The summed E-state index contributed by atoms with van der Waals surface area (Å²) >= 11 is 5.87. The molecule has 2 rings (SSSR count). The fourth-order valence-electron chi connectivity index (χ4n) is 2.02. The Balaban J connectivity index is 1.94. The van der Waals surface area contributed by atoms with Gasteiger partial charge in [0.15, 0.2) is 5.03 Å². The van der Waals surface area contributed by atoms with Crippen molar-refractivity contribution in [3.05, 3.63) is 47.4 Å². The van der Waals surface area contributed by atoms with Crippen LogP contribution in [0.25, 0.3) is 0 Å². The maximum atomic E-state index is 12.2. The van der Waals surface area contributed by atoms with Crippen molar-refractivity contribution in [2.75, 3.05) is 6.54 Å². The van der Waals surface area contributed by atoms with Crippen LogP contribution in [-0.2, 0) is 10.0 Å². The van der Waals surface area contributed by atoms with Crippen LogP contribution < -0.4 is 4.72 Å². The van der Waals surface area contributed by atoms with Crippen molar-refractivity contribution in [1.82, 2.24) is 14.3 Å². The number of aliphatic hydroxyl groups excluding tert-OH is 1. The van der Waals surface area contributed by atoms with Gasteiger partial charge in [0, 0.05) is 23.8 Å². The van der Waals surface area contributed by atoms with Crippen molar-refractivity contribution in [1.29, 1.82) is 0 Å². The molecule has 1 heterocycles. The minimum absolute atomic E-state index is 0.0246. The third kappa shape index (κ3) is 4.78. The third-order valence-corrected chi connectivity index (χ3v) is 4.97. The molecule has 8 heteroatoms. The predicted octanol–water partition coefficient (Wildman–Crippen LogP) is 2.52. The van der Waals surface area contributed by atoms with Gasteiger partial charge >= 0.3 is 0 Å². The Hall–Kier alpha value is -1.41. The summed E-state index contributed by atoms with van der Waals surface area (Å²) in [5.74, 6) is 0. The molecule has 0 aliphatic heterocycles. The fraction of sp³-hybridized carbons (Fsp3) is 0.400. The van der Waals surface area contributed by atoms with Crippen molar-refractivity contribution in [3.8, 4) is 0 Å². The second-order valence-corrected chi connectivity index (χ2v) is 7.66. The van der Waals surface area contributed by atoms with Gasteiger partial charge in [-0.05, 0) is 38.0 Å². The van der Waals surface area contributed by atoms with Crippen molar-refractivity contribution in [2.24, 2.45) is 0 Å². The molecule has 0 saturated heterocycles. The summed E-state index contributed by atoms with van der Waals surface area (Å²) in [7, 11) is -3.68. The standard InChI is InChI=1S/C15H20ClN3O3S/c1-11(2)19-9-15(17-10-19)23(21,22)18-7-6-14(20)12-4-3-5-13(16)8-12/h3-5,8-11,14,18,20H,6-7H2,1-2H3/t14-/m0/s1. The molecule has 23 heavy (non-hydrogen) atoms. The fourth-order valence-corrected chi connectivity index (χ4v) is 3.20. The van der Waals surface area contributed by atoms with Gasteiger partial charge in [0.1, 0.15) is 0 Å². The molecule has 2 N–H and O–H groups in total. The van der Waals surface area contributed by atoms with Gasteiger partial charge in [-0.15, -0.1) is 0 Å². The summed E-state index contributed by atoms with van der Waals surface area (Å²) in [5.41, 5.74) is 0.654. The molecular weight excluding hydrogens is 338 g/mol. The summed E-state index contributed by atoms with van der Waals surface area (Å²) in [4.78, 5) is 3.91. The van der Waals surface area contributed by atoms with E-state index in [1.165, 1.54) is 12.5 Å². The zero-order valence-electron chi connectivity index (χ0n) is 13.0. The molecule has 0 radical (unpaired) electrons. The lowest BCUT2D eigenvalue weighted by molar-refractivity contribution is 0.169. The monoisotopic (exact) mass is 357 g/mol. The molecule has 1 aromatic carbocycles. The van der Waals surface area contributed by atoms with E-state index in [2.05, 4.69) is 9.71 Å². The van der Waals surface area contributed by atoms with Gasteiger partial charge in [-0.25, -0.2) is 18.1 Å². The van der Waals surface area contributed by atoms with E-state index in [0.29, 0.717) is 10.6 Å². The number of benzene rings is 1. The highest BCUT2D eigenvalue weighted by Gasteiger charge is 2.18. The molecule has 0 fully saturated rings. The van der Waals surface area contributed by atoms with Crippen LogP contribution in [0.1, 0.15) is 38.0 Å². The van der Waals surface area contributed by atoms with E-state index in [4.69, 9.17) is 11.6 Å². The summed E-state index contributed by atoms with van der Waals surface area (Å²) in [6, 6.07) is 6.99. The topological polar surface area (TPSA) is 84.2 Å². The van der Waals surface area contributed by atoms with Crippen LogP contribution in [0.3, 0.4) is 0 Å². The van der Waals surface area contributed by atoms with Crippen molar-refractivity contribution in [3.63, 3.8) is 0 Å². The first-order chi connectivity index (χ1) is 10.8. The van der Waals surface area contributed by atoms with E-state index in [1.54, 1.807) is 28.8 Å². The van der Waals surface area contributed by atoms with Crippen LogP contribution in [0.15, 0.2) is 41.8 Å². The Morgan fingerprint density at radius 1 is 1.39 bits per heavy atom. The number of nitrogens with zero attached hydrogens (tertiary/aromatic N) is 2. The predicted molar refractivity (Wildman–Crippen MR) is 88.8 cm³/mol. The summed E-state index contributed by atoms with van der Waals surface area (Å²) < 4.78 is 28.5. The molecular formula is C15H20ClN3O3S. The SMILES string of the molecule is CC(C)n1cnc(S(=O)(=O)NCC[C@H](O)c2cccc(Cl)c2)c1. The smallest absolute Gasteiger partial charge is 0.259 e. The molecule has 126 valence electrons. The molecule has 0 spiro atoms. The number of hydrogen-bond acceptors (Lipinski definition) is 4. The lowest BCUT2D eigenvalue weighted by Crippen LogP contribution is -2.26. The number of sulfonamides is 1. The molecule has 0 amide bonds. The van der Waals surface area contributed by atoms with E-state index >= 15 is 0 Å². The van der Waals surface area contributed by atoms with E-state index in [0.717, 1.165) is 0 Å². The summed E-state index contributed by atoms with van der Waals surface area (Å²) in [5, 5.41) is 10.6. The van der Waals surface area contributed by atoms with Crippen molar-refractivity contribution >= 4 is 21.6 Å². The molecule has 6 nitrogen and oxygen atoms in total. The van der Waals surface area contributed by atoms with Crippen LogP contribution in [0.2, 0.25) is 5.02 Å². The van der Waals surface area contributed by atoms with E-state index in [9.17, 15) is 13.5 Å². The average Bonchev–Trinajstić information content (AvgIpc) is 2.98. The van der Waals surface area contributed by atoms with Gasteiger partial charge in [0.25, 0.3) is 10.0 Å². The number of imidazole rings is 1. The van der Waals surface area contributed by atoms with Gasteiger partial charge in [-0.3, -0.25) is 0 Å². The highest BCUT2D eigenvalue weighted by molar-refractivity contribution is 7.89. The molecule has 0 bridgehead atoms. The van der Waals surface area contributed by atoms with Crippen LogP contribution in [-0.4, -0.2) is 29.6 Å². The Bertz CT molecular complexity index is 759. The van der Waals surface area contributed by atoms with Crippen LogP contribution in [0.4, 0.5) is 0 Å². The second kappa shape index (κ2) is 7.44. The Morgan fingerprint density at radius 2 is 2.13 bits per heavy atom. The Kier molecular flexibility index (Phi) is 5.80. The molecule has 2 aromatic rings. The zero-order valence-corrected chi connectivity index (χ0v) is 14.5. The third-order valence-electron chi connectivity index (χ3n) is 3.39. The van der Waals surface area contributed by atoms with Crippen molar-refractivity contribution in [2.45, 2.75) is 37.4 Å². The van der Waals surface area contributed by atoms with Gasteiger partial charge in [0.05, 0.1) is 12.4 Å². The van der Waals surface area contributed by atoms with Gasteiger partial charge in [-0.1, -0.05) is 23.7 Å². The highest BCUT2D eigenvalue weighted by Crippen LogP contribution is 2.20. The van der Waals surface area contributed by atoms with E-state index in [-0.39, 0.29) is 24.0 Å². The molecule has 0 unspecified atom stereocenters. The van der Waals surface area contributed by atoms with Crippen LogP contribution >= 0.6 is 11.6 Å². The lowest BCUT2D eigenvalue weighted by Gasteiger charge is -2.11. The Morgan fingerprint density at radius 3 is 2.74 bits per heavy atom. The molecule has 0 aliphatic carbocycles. The maximum Gasteiger partial charge on any atom is 0.259 e. The van der Waals surface area contributed by atoms with E-state index in [1.807, 2.05) is 13.8 Å². The number of aliphatic hydroxyl groups is 1. The van der Waals surface area contributed by atoms with Gasteiger partial charge in [-0.2, -0.15) is 0 Å². The number of aromatic nitrogens is 2. The van der Waals surface area contributed by atoms with Gasteiger partial charge in [0.2, 0.25) is 0 Å². The highest BCUT2D eigenvalue weighted by atomic mass is 35.5.